The Morgan fingerprint density at radius 3 is 2.77 bits per heavy atom. The fraction of sp³-hybridized carbons (Fsp3) is 0.263. The molecule has 1 N–H and O–H groups in total. The van der Waals surface area contributed by atoms with Crippen molar-refractivity contribution in [3.05, 3.63) is 60.8 Å². The summed E-state index contributed by atoms with van der Waals surface area (Å²) in [4.78, 5) is 38.3. The van der Waals surface area contributed by atoms with Crippen molar-refractivity contribution >= 4 is 54.9 Å². The van der Waals surface area contributed by atoms with Gasteiger partial charge >= 0.3 is 5.69 Å². The lowest BCUT2D eigenvalue weighted by atomic mass is 10.2. The summed E-state index contributed by atoms with van der Waals surface area (Å²) < 4.78 is 18.7. The van der Waals surface area contributed by atoms with Crippen molar-refractivity contribution in [1.82, 2.24) is 18.7 Å². The van der Waals surface area contributed by atoms with Crippen LogP contribution in [0.4, 0.5) is 10.1 Å². The van der Waals surface area contributed by atoms with E-state index < -0.39 is 24.0 Å². The third-order valence-corrected chi connectivity index (χ3v) is 5.82. The summed E-state index contributed by atoms with van der Waals surface area (Å²) in [6.45, 7) is 3.87. The summed E-state index contributed by atoms with van der Waals surface area (Å²) in [5.41, 5.74) is -0.315. The number of nitrogens with one attached hydrogen (secondary N) is 1. The maximum Gasteiger partial charge on any atom is 0.352 e. The van der Waals surface area contributed by atoms with Crippen LogP contribution in [0.2, 0.25) is 0 Å². The second kappa shape index (κ2) is 7.80. The first kappa shape index (κ1) is 20.5. The van der Waals surface area contributed by atoms with Crippen LogP contribution in [0, 0.1) is 11.7 Å². The average molecular weight is 494 g/mol. The molecule has 0 aliphatic heterocycles. The van der Waals surface area contributed by atoms with Gasteiger partial charge in [0.15, 0.2) is 0 Å². The molecular weight excluding hydrogens is 477 g/mol. The van der Waals surface area contributed by atoms with Crippen LogP contribution >= 0.6 is 27.3 Å². The lowest BCUT2D eigenvalue weighted by Crippen LogP contribution is -2.29. The summed E-state index contributed by atoms with van der Waals surface area (Å²) in [6, 6.07) is 5.91. The molecule has 1 amide bonds. The van der Waals surface area contributed by atoms with E-state index >= 15 is 0 Å². The van der Waals surface area contributed by atoms with Gasteiger partial charge in [-0.25, -0.2) is 18.3 Å². The number of rotatable bonds is 5. The van der Waals surface area contributed by atoms with Crippen LogP contribution in [0.1, 0.15) is 13.8 Å². The molecule has 0 atom stereocenters. The Morgan fingerprint density at radius 2 is 2.07 bits per heavy atom. The molecule has 0 aliphatic carbocycles. The minimum absolute atomic E-state index is 0.00282. The van der Waals surface area contributed by atoms with Gasteiger partial charge in [-0.1, -0.05) is 29.8 Å². The zero-order chi connectivity index (χ0) is 21.6. The smallest absolute Gasteiger partial charge is 0.322 e. The number of thiophene rings is 1. The zero-order valence-corrected chi connectivity index (χ0v) is 18.5. The first-order chi connectivity index (χ1) is 14.3. The second-order valence-electron chi connectivity index (χ2n) is 7.19. The molecule has 156 valence electrons. The maximum absolute atomic E-state index is 14.0. The van der Waals surface area contributed by atoms with Gasteiger partial charge in [0.1, 0.15) is 17.1 Å². The lowest BCUT2D eigenvalue weighted by Gasteiger charge is -2.09. The zero-order valence-electron chi connectivity index (χ0n) is 16.1. The summed E-state index contributed by atoms with van der Waals surface area (Å²) >= 11 is 4.40. The van der Waals surface area contributed by atoms with Crippen LogP contribution in [0.25, 0.3) is 16.0 Å². The number of amides is 1. The van der Waals surface area contributed by atoms with Crippen LogP contribution in [-0.2, 0) is 17.9 Å². The van der Waals surface area contributed by atoms with E-state index in [0.717, 1.165) is 4.68 Å². The topological polar surface area (TPSA) is 90.4 Å². The van der Waals surface area contributed by atoms with Crippen molar-refractivity contribution in [3.63, 3.8) is 0 Å². The van der Waals surface area contributed by atoms with E-state index in [1.165, 1.54) is 32.4 Å². The van der Waals surface area contributed by atoms with Gasteiger partial charge in [-0.05, 0) is 35.6 Å². The Kier molecular flexibility index (Phi) is 5.33. The molecule has 0 bridgehead atoms. The first-order valence-electron chi connectivity index (χ1n) is 9.10. The van der Waals surface area contributed by atoms with Crippen LogP contribution < -0.4 is 16.6 Å². The molecule has 0 aliphatic rings. The van der Waals surface area contributed by atoms with Gasteiger partial charge in [0.05, 0.1) is 11.2 Å². The highest BCUT2D eigenvalue weighted by Crippen LogP contribution is 2.20. The average Bonchev–Trinajstić information content (AvgIpc) is 3.26. The Bertz CT molecular complexity index is 1400. The minimum Gasteiger partial charge on any atom is -0.322 e. The molecule has 3 aromatic heterocycles. The van der Waals surface area contributed by atoms with E-state index in [0.29, 0.717) is 21.2 Å². The Hall–Kier alpha value is -2.79. The molecule has 0 fully saturated rings. The number of carbonyl (C=O) groups excluding carboxylic acids is 1. The molecule has 0 unspecified atom stereocenters. The van der Waals surface area contributed by atoms with Gasteiger partial charge in [-0.3, -0.25) is 14.2 Å². The minimum atomic E-state index is -0.610. The predicted octanol–water partition coefficient (Wildman–Crippen LogP) is 3.07. The van der Waals surface area contributed by atoms with Gasteiger partial charge < -0.3 is 5.32 Å². The summed E-state index contributed by atoms with van der Waals surface area (Å²) in [5, 5.41) is 8.42. The first-order valence-corrected chi connectivity index (χ1v) is 10.8. The predicted molar refractivity (Wildman–Crippen MR) is 117 cm³/mol. The van der Waals surface area contributed by atoms with Crippen molar-refractivity contribution in [2.75, 3.05) is 5.32 Å². The highest BCUT2D eigenvalue weighted by Gasteiger charge is 2.20. The summed E-state index contributed by atoms with van der Waals surface area (Å²) in [7, 11) is 0. The maximum atomic E-state index is 14.0. The van der Waals surface area contributed by atoms with E-state index in [1.807, 2.05) is 13.8 Å². The highest BCUT2D eigenvalue weighted by molar-refractivity contribution is 9.10. The number of anilines is 1. The van der Waals surface area contributed by atoms with Gasteiger partial charge in [0.25, 0.3) is 5.56 Å². The van der Waals surface area contributed by atoms with Gasteiger partial charge in [0, 0.05) is 11.0 Å². The third kappa shape index (κ3) is 3.58. The molecule has 3 heterocycles. The van der Waals surface area contributed by atoms with E-state index in [1.54, 1.807) is 17.5 Å². The van der Waals surface area contributed by atoms with Crippen molar-refractivity contribution in [2.24, 2.45) is 5.92 Å². The number of fused-ring (bicyclic) bond motifs is 3. The Balaban J connectivity index is 1.77. The molecule has 0 radical (unpaired) electrons. The third-order valence-electron chi connectivity index (χ3n) is 4.43. The molecule has 0 saturated carbocycles. The van der Waals surface area contributed by atoms with E-state index in [9.17, 15) is 18.8 Å². The number of halogens is 2. The standard InChI is InChI=1S/C19H17BrFN5O3S/c1-10(2)8-24-17(28)16-14(5-6-30-16)26-18(24)23-25(19(26)29)9-15(27)22-13-4-3-11(20)7-12(13)21/h3-7,10H,8-9H2,1-2H3,(H,22,27). The Morgan fingerprint density at radius 1 is 1.30 bits per heavy atom. The number of aromatic nitrogens is 4. The van der Waals surface area contributed by atoms with E-state index in [2.05, 4.69) is 26.3 Å². The van der Waals surface area contributed by atoms with Gasteiger partial charge in [-0.15, -0.1) is 16.4 Å². The largest absolute Gasteiger partial charge is 0.352 e. The molecule has 0 saturated heterocycles. The number of carbonyl (C=O) groups is 1. The summed E-state index contributed by atoms with van der Waals surface area (Å²) in [5.74, 6) is -0.896. The molecule has 11 heteroatoms. The molecule has 8 nitrogen and oxygen atoms in total. The fourth-order valence-corrected chi connectivity index (χ4v) is 4.34. The lowest BCUT2D eigenvalue weighted by molar-refractivity contribution is -0.117. The molecule has 0 spiro atoms. The second-order valence-corrected chi connectivity index (χ2v) is 9.02. The van der Waals surface area contributed by atoms with E-state index in [-0.39, 0.29) is 22.9 Å². The van der Waals surface area contributed by atoms with Crippen molar-refractivity contribution in [3.8, 4) is 0 Å². The molecule has 1 aromatic carbocycles. The molecule has 4 rings (SSSR count). The number of hydrogen-bond donors (Lipinski definition) is 1. The fourth-order valence-electron chi connectivity index (χ4n) is 3.18. The summed E-state index contributed by atoms with van der Waals surface area (Å²) in [6.07, 6.45) is 0. The van der Waals surface area contributed by atoms with Crippen LogP contribution in [0.15, 0.2) is 43.7 Å². The monoisotopic (exact) mass is 493 g/mol. The highest BCUT2D eigenvalue weighted by atomic mass is 79.9. The number of nitrogens with zero attached hydrogens (tertiary/aromatic N) is 4. The number of hydrogen-bond acceptors (Lipinski definition) is 5. The SMILES string of the molecule is CC(C)Cn1c(=O)c2sccc2n2c(=O)n(CC(=O)Nc3ccc(Br)cc3F)nc12. The quantitative estimate of drug-likeness (QED) is 0.462. The van der Waals surface area contributed by atoms with E-state index in [4.69, 9.17) is 0 Å². The van der Waals surface area contributed by atoms with Crippen molar-refractivity contribution in [1.29, 1.82) is 0 Å². The van der Waals surface area contributed by atoms with Crippen LogP contribution in [-0.4, -0.2) is 24.7 Å². The van der Waals surface area contributed by atoms with Crippen LogP contribution in [0.3, 0.4) is 0 Å². The normalized spacial score (nSPS) is 11.6. The number of benzene rings is 1. The van der Waals surface area contributed by atoms with Crippen molar-refractivity contribution in [2.45, 2.75) is 26.9 Å². The molecule has 4 aromatic rings. The molecular formula is C19H17BrFN5O3S. The molecule has 30 heavy (non-hydrogen) atoms. The van der Waals surface area contributed by atoms with Crippen molar-refractivity contribution < 1.29 is 9.18 Å². The van der Waals surface area contributed by atoms with Gasteiger partial charge in [-0.2, -0.15) is 0 Å². The van der Waals surface area contributed by atoms with Crippen LogP contribution in [0.5, 0.6) is 0 Å². The van der Waals surface area contributed by atoms with Gasteiger partial charge in [0.2, 0.25) is 11.7 Å². The Labute approximate surface area is 181 Å².